The van der Waals surface area contributed by atoms with Crippen LogP contribution < -0.4 is 5.32 Å². The van der Waals surface area contributed by atoms with Crippen LogP contribution >= 0.6 is 0 Å². The van der Waals surface area contributed by atoms with Crippen molar-refractivity contribution in [2.45, 2.75) is 40.2 Å². The summed E-state index contributed by atoms with van der Waals surface area (Å²) in [4.78, 5) is 20.0. The Morgan fingerprint density at radius 3 is 2.80 bits per heavy atom. The monoisotopic (exact) mass is 343 g/mol. The van der Waals surface area contributed by atoms with Crippen LogP contribution in [0.1, 0.15) is 47.6 Å². The number of hydrogen-bond acceptors (Lipinski definition) is 3. The minimum Gasteiger partial charge on any atom is -0.350 e. The summed E-state index contributed by atoms with van der Waals surface area (Å²) in [7, 11) is 0. The van der Waals surface area contributed by atoms with Crippen LogP contribution in [0.5, 0.6) is 0 Å². The molecule has 0 aliphatic heterocycles. The van der Waals surface area contributed by atoms with Crippen molar-refractivity contribution in [1.82, 2.24) is 25.1 Å². The van der Waals surface area contributed by atoms with E-state index in [1.54, 1.807) is 10.7 Å². The first-order valence-corrected chi connectivity index (χ1v) is 8.38. The number of H-pyrrole nitrogens is 1. The van der Waals surface area contributed by atoms with E-state index in [9.17, 15) is 9.18 Å². The number of amides is 1. The molecule has 2 aromatic heterocycles. The molecule has 0 unspecified atom stereocenters. The van der Waals surface area contributed by atoms with Crippen molar-refractivity contribution in [3.05, 3.63) is 46.9 Å². The first-order chi connectivity index (χ1) is 11.9. The zero-order chi connectivity index (χ0) is 18.1. The van der Waals surface area contributed by atoms with Gasteiger partial charge in [0.1, 0.15) is 23.2 Å². The summed E-state index contributed by atoms with van der Waals surface area (Å²) in [6.45, 7) is 8.08. The molecule has 0 aliphatic carbocycles. The fourth-order valence-electron chi connectivity index (χ4n) is 3.15. The number of aryl methyl sites for hydroxylation is 3. The van der Waals surface area contributed by atoms with E-state index >= 15 is 0 Å². The Morgan fingerprint density at radius 1 is 1.40 bits per heavy atom. The predicted molar refractivity (Wildman–Crippen MR) is 94.2 cm³/mol. The number of carbonyl (C=O) groups excluding carboxylic acids is 1. The van der Waals surface area contributed by atoms with E-state index in [4.69, 9.17) is 0 Å². The van der Waals surface area contributed by atoms with E-state index in [0.29, 0.717) is 24.5 Å². The third-order valence-corrected chi connectivity index (χ3v) is 4.33. The van der Waals surface area contributed by atoms with Crippen LogP contribution in [0.25, 0.3) is 10.9 Å². The lowest BCUT2D eigenvalue weighted by molar-refractivity contribution is 0.0942. The lowest BCUT2D eigenvalue weighted by Gasteiger charge is -2.14. The number of carbonyl (C=O) groups is 1. The smallest absolute Gasteiger partial charge is 0.268 e. The van der Waals surface area contributed by atoms with Gasteiger partial charge in [-0.1, -0.05) is 6.92 Å². The highest BCUT2D eigenvalue weighted by Crippen LogP contribution is 2.24. The molecule has 0 saturated carbocycles. The normalized spacial score (nSPS) is 12.5. The van der Waals surface area contributed by atoms with Gasteiger partial charge in [-0.3, -0.25) is 4.79 Å². The highest BCUT2D eigenvalue weighted by atomic mass is 19.1. The molecular weight excluding hydrogens is 321 g/mol. The molecule has 2 heterocycles. The van der Waals surface area contributed by atoms with Crippen LogP contribution in [0.3, 0.4) is 0 Å². The molecule has 0 bridgehead atoms. The first-order valence-electron chi connectivity index (χ1n) is 8.38. The first kappa shape index (κ1) is 17.1. The molecular formula is C18H22FN5O. The molecule has 1 amide bonds. The van der Waals surface area contributed by atoms with Gasteiger partial charge in [-0.25, -0.2) is 14.1 Å². The number of fused-ring (bicyclic) bond motifs is 1. The second-order valence-corrected chi connectivity index (χ2v) is 6.23. The Hall–Kier alpha value is -2.70. The Balaban J connectivity index is 1.79. The average Bonchev–Trinajstić information content (AvgIpc) is 3.11. The van der Waals surface area contributed by atoms with Crippen molar-refractivity contribution in [1.29, 1.82) is 0 Å². The van der Waals surface area contributed by atoms with Gasteiger partial charge in [0.15, 0.2) is 0 Å². The summed E-state index contributed by atoms with van der Waals surface area (Å²) in [5, 5.41) is 8.03. The fraction of sp³-hybridized carbons (Fsp3) is 0.389. The third kappa shape index (κ3) is 3.26. The van der Waals surface area contributed by atoms with Gasteiger partial charge >= 0.3 is 0 Å². The number of aromatic amines is 1. The fourth-order valence-corrected chi connectivity index (χ4v) is 3.15. The molecule has 3 rings (SSSR count). The average molecular weight is 343 g/mol. The molecule has 7 heteroatoms. The van der Waals surface area contributed by atoms with Gasteiger partial charge in [-0.2, -0.15) is 5.10 Å². The van der Waals surface area contributed by atoms with Crippen molar-refractivity contribution in [2.24, 2.45) is 0 Å². The number of nitrogens with one attached hydrogen (secondary N) is 2. The largest absolute Gasteiger partial charge is 0.350 e. The maximum absolute atomic E-state index is 13.5. The standard InChI is InChI=1S/C18H22FN5O/c1-5-14-15-8-13(19)6-7-16(15)22-17(14)18(25)20-9-10(2)24-12(4)21-11(3)23-24/h6-8,10,22H,5,9H2,1-4H3,(H,20,25)/t10-/m1/s1. The van der Waals surface area contributed by atoms with Crippen molar-refractivity contribution < 1.29 is 9.18 Å². The highest BCUT2D eigenvalue weighted by molar-refractivity contribution is 6.01. The van der Waals surface area contributed by atoms with Gasteiger partial charge in [-0.15, -0.1) is 0 Å². The van der Waals surface area contributed by atoms with Crippen molar-refractivity contribution in [3.8, 4) is 0 Å². The maximum Gasteiger partial charge on any atom is 0.268 e. The maximum atomic E-state index is 13.5. The predicted octanol–water partition coefficient (Wildman–Crippen LogP) is 3.07. The molecule has 6 nitrogen and oxygen atoms in total. The molecule has 132 valence electrons. The summed E-state index contributed by atoms with van der Waals surface area (Å²) in [6.07, 6.45) is 0.642. The van der Waals surface area contributed by atoms with E-state index in [0.717, 1.165) is 22.3 Å². The van der Waals surface area contributed by atoms with E-state index in [1.807, 2.05) is 27.7 Å². The highest BCUT2D eigenvalue weighted by Gasteiger charge is 2.18. The molecule has 1 atom stereocenters. The van der Waals surface area contributed by atoms with Gasteiger partial charge < -0.3 is 10.3 Å². The van der Waals surface area contributed by atoms with E-state index in [1.165, 1.54) is 12.1 Å². The molecule has 0 spiro atoms. The van der Waals surface area contributed by atoms with Crippen LogP contribution in [-0.2, 0) is 6.42 Å². The SMILES string of the molecule is CCc1c(C(=O)NC[C@@H](C)n2nc(C)nc2C)[nH]c2ccc(F)cc12. The molecule has 0 radical (unpaired) electrons. The summed E-state index contributed by atoms with van der Waals surface area (Å²) in [5.74, 6) is 1.02. The zero-order valence-corrected chi connectivity index (χ0v) is 14.9. The summed E-state index contributed by atoms with van der Waals surface area (Å²) in [5.41, 5.74) is 2.08. The summed E-state index contributed by atoms with van der Waals surface area (Å²) >= 11 is 0. The van der Waals surface area contributed by atoms with Crippen molar-refractivity contribution in [2.75, 3.05) is 6.54 Å². The van der Waals surface area contributed by atoms with Crippen molar-refractivity contribution >= 4 is 16.8 Å². The third-order valence-electron chi connectivity index (χ3n) is 4.33. The van der Waals surface area contributed by atoms with E-state index in [-0.39, 0.29) is 17.8 Å². The minimum absolute atomic E-state index is 0.0166. The van der Waals surface area contributed by atoms with Crippen LogP contribution in [0.2, 0.25) is 0 Å². The molecule has 0 fully saturated rings. The van der Waals surface area contributed by atoms with Crippen LogP contribution in [0.4, 0.5) is 4.39 Å². The van der Waals surface area contributed by atoms with Crippen LogP contribution in [0.15, 0.2) is 18.2 Å². The number of nitrogens with zero attached hydrogens (tertiary/aromatic N) is 3. The molecule has 2 N–H and O–H groups in total. The Morgan fingerprint density at radius 2 is 2.16 bits per heavy atom. The summed E-state index contributed by atoms with van der Waals surface area (Å²) in [6, 6.07) is 4.49. The second kappa shape index (κ2) is 6.66. The number of benzene rings is 1. The quantitative estimate of drug-likeness (QED) is 0.747. The number of rotatable bonds is 5. The van der Waals surface area contributed by atoms with E-state index < -0.39 is 0 Å². The molecule has 1 aromatic carbocycles. The topological polar surface area (TPSA) is 75.6 Å². The zero-order valence-electron chi connectivity index (χ0n) is 14.9. The number of hydrogen-bond donors (Lipinski definition) is 2. The molecule has 0 aliphatic rings. The molecule has 0 saturated heterocycles. The van der Waals surface area contributed by atoms with Gasteiger partial charge in [0, 0.05) is 17.4 Å². The van der Waals surface area contributed by atoms with E-state index in [2.05, 4.69) is 20.4 Å². The summed E-state index contributed by atoms with van der Waals surface area (Å²) < 4.78 is 15.3. The Bertz CT molecular complexity index is 927. The lowest BCUT2D eigenvalue weighted by atomic mass is 10.1. The van der Waals surface area contributed by atoms with Gasteiger partial charge in [0.05, 0.1) is 6.04 Å². The van der Waals surface area contributed by atoms with Crippen LogP contribution in [0, 0.1) is 19.7 Å². The molecule has 25 heavy (non-hydrogen) atoms. The number of aromatic nitrogens is 4. The Labute approximate surface area is 145 Å². The number of halogens is 1. The lowest BCUT2D eigenvalue weighted by Crippen LogP contribution is -2.31. The van der Waals surface area contributed by atoms with Gasteiger partial charge in [0.25, 0.3) is 5.91 Å². The Kier molecular flexibility index (Phi) is 4.57. The second-order valence-electron chi connectivity index (χ2n) is 6.23. The van der Waals surface area contributed by atoms with Crippen molar-refractivity contribution in [3.63, 3.8) is 0 Å². The van der Waals surface area contributed by atoms with Crippen LogP contribution in [-0.4, -0.2) is 32.2 Å². The van der Waals surface area contributed by atoms with Gasteiger partial charge in [-0.05, 0) is 51.0 Å². The molecule has 3 aromatic rings. The minimum atomic E-state index is -0.307. The van der Waals surface area contributed by atoms with Gasteiger partial charge in [0.2, 0.25) is 0 Å².